The fourth-order valence-electron chi connectivity index (χ4n) is 2.97. The summed E-state index contributed by atoms with van der Waals surface area (Å²) in [7, 11) is -3.94. The maximum atomic E-state index is 12.4. The van der Waals surface area contributed by atoms with Gasteiger partial charge in [0.1, 0.15) is 6.04 Å². The van der Waals surface area contributed by atoms with Gasteiger partial charge in [-0.3, -0.25) is 14.9 Å². The maximum Gasteiger partial charge on any atom is 0.324 e. The zero-order valence-electron chi connectivity index (χ0n) is 16.5. The van der Waals surface area contributed by atoms with Crippen molar-refractivity contribution in [1.29, 1.82) is 0 Å². The van der Waals surface area contributed by atoms with Crippen LogP contribution in [0.15, 0.2) is 35.2 Å². The van der Waals surface area contributed by atoms with E-state index >= 15 is 0 Å². The molecule has 1 unspecified atom stereocenters. The van der Waals surface area contributed by atoms with Crippen LogP contribution in [-0.4, -0.2) is 45.0 Å². The molecule has 1 aliphatic rings. The van der Waals surface area contributed by atoms with E-state index in [1.54, 1.807) is 32.0 Å². The number of imide groups is 1. The molecule has 0 saturated heterocycles. The fraction of sp³-hybridized carbons (Fsp3) is 0.526. The van der Waals surface area contributed by atoms with Crippen LogP contribution >= 0.6 is 0 Å². The average molecular weight is 426 g/mol. The molecule has 1 aromatic carbocycles. The number of amides is 3. The number of benzene rings is 1. The highest BCUT2D eigenvalue weighted by molar-refractivity contribution is 7.89. The number of hydrogen-bond donors (Lipinski definition) is 3. The normalized spacial score (nSPS) is 15.7. The van der Waals surface area contributed by atoms with Gasteiger partial charge in [0, 0.05) is 6.04 Å². The van der Waals surface area contributed by atoms with Crippen molar-refractivity contribution in [3.05, 3.63) is 30.3 Å². The predicted molar refractivity (Wildman–Crippen MR) is 105 cm³/mol. The van der Waals surface area contributed by atoms with Crippen molar-refractivity contribution in [2.24, 2.45) is 5.92 Å². The summed E-state index contributed by atoms with van der Waals surface area (Å²) in [6.45, 7) is 2.61. The van der Waals surface area contributed by atoms with Gasteiger partial charge in [-0.15, -0.1) is 0 Å². The van der Waals surface area contributed by atoms with Crippen LogP contribution in [0.5, 0.6) is 0 Å². The summed E-state index contributed by atoms with van der Waals surface area (Å²) in [5, 5.41) is 4.78. The molecule has 0 aliphatic heterocycles. The largest absolute Gasteiger partial charge is 0.454 e. The highest BCUT2D eigenvalue weighted by Gasteiger charge is 2.30. The van der Waals surface area contributed by atoms with Crippen LogP contribution in [-0.2, 0) is 24.3 Å². The van der Waals surface area contributed by atoms with Crippen LogP contribution in [0, 0.1) is 5.92 Å². The summed E-state index contributed by atoms with van der Waals surface area (Å²) < 4.78 is 32.1. The van der Waals surface area contributed by atoms with E-state index in [1.165, 1.54) is 12.1 Å². The van der Waals surface area contributed by atoms with Crippen LogP contribution in [0.4, 0.5) is 4.79 Å². The van der Waals surface area contributed by atoms with E-state index in [0.29, 0.717) is 0 Å². The van der Waals surface area contributed by atoms with Crippen molar-refractivity contribution in [2.45, 2.75) is 56.5 Å². The molecule has 160 valence electrons. The topological polar surface area (TPSA) is 131 Å². The van der Waals surface area contributed by atoms with Gasteiger partial charge in [-0.1, -0.05) is 44.9 Å². The third-order valence-electron chi connectivity index (χ3n) is 4.55. The van der Waals surface area contributed by atoms with Gasteiger partial charge in [-0.05, 0) is 30.9 Å². The molecule has 1 atom stereocenters. The summed E-state index contributed by atoms with van der Waals surface area (Å²) in [6.07, 6.45) is 3.81. The van der Waals surface area contributed by atoms with Crippen molar-refractivity contribution >= 4 is 27.9 Å². The van der Waals surface area contributed by atoms with Gasteiger partial charge in [0.25, 0.3) is 5.91 Å². The molecule has 10 heteroatoms. The highest BCUT2D eigenvalue weighted by Crippen LogP contribution is 2.17. The molecule has 3 N–H and O–H groups in total. The highest BCUT2D eigenvalue weighted by atomic mass is 32.2. The molecule has 0 heterocycles. The summed E-state index contributed by atoms with van der Waals surface area (Å²) in [5.41, 5.74) is 0. The van der Waals surface area contributed by atoms with Crippen LogP contribution in [0.3, 0.4) is 0 Å². The molecule has 1 aliphatic carbocycles. The summed E-state index contributed by atoms with van der Waals surface area (Å²) in [6, 6.07) is 5.85. The van der Waals surface area contributed by atoms with E-state index in [4.69, 9.17) is 4.74 Å². The van der Waals surface area contributed by atoms with Crippen LogP contribution in [0.2, 0.25) is 0 Å². The number of rotatable bonds is 8. The lowest BCUT2D eigenvalue weighted by Crippen LogP contribution is -2.47. The van der Waals surface area contributed by atoms with E-state index in [-0.39, 0.29) is 10.9 Å². The molecule has 9 nitrogen and oxygen atoms in total. The van der Waals surface area contributed by atoms with E-state index in [2.05, 4.69) is 15.4 Å². The Labute approximate surface area is 170 Å². The number of sulfonamides is 1. The molecule has 1 fully saturated rings. The Balaban J connectivity index is 1.87. The van der Waals surface area contributed by atoms with E-state index in [9.17, 15) is 22.8 Å². The molecule has 2 rings (SSSR count). The lowest BCUT2D eigenvalue weighted by atomic mass is 10.1. The van der Waals surface area contributed by atoms with Gasteiger partial charge < -0.3 is 10.1 Å². The summed E-state index contributed by atoms with van der Waals surface area (Å²) in [4.78, 5) is 36.0. The minimum Gasteiger partial charge on any atom is -0.454 e. The molecular weight excluding hydrogens is 398 g/mol. The van der Waals surface area contributed by atoms with Gasteiger partial charge in [0.05, 0.1) is 4.90 Å². The van der Waals surface area contributed by atoms with E-state index in [0.717, 1.165) is 25.7 Å². The van der Waals surface area contributed by atoms with Crippen molar-refractivity contribution in [1.82, 2.24) is 15.4 Å². The zero-order valence-corrected chi connectivity index (χ0v) is 17.3. The second-order valence-corrected chi connectivity index (χ2v) is 8.98. The van der Waals surface area contributed by atoms with Crippen molar-refractivity contribution < 1.29 is 27.5 Å². The number of carbonyl (C=O) groups is 3. The Morgan fingerprint density at radius 1 is 1.10 bits per heavy atom. The Bertz CT molecular complexity index is 820. The second-order valence-electron chi connectivity index (χ2n) is 7.27. The van der Waals surface area contributed by atoms with E-state index in [1.807, 2.05) is 0 Å². The third kappa shape index (κ3) is 7.13. The lowest BCUT2D eigenvalue weighted by molar-refractivity contribution is -0.150. The molecule has 1 saturated carbocycles. The Morgan fingerprint density at radius 3 is 2.31 bits per heavy atom. The first-order valence-corrected chi connectivity index (χ1v) is 11.0. The lowest BCUT2D eigenvalue weighted by Gasteiger charge is -2.20. The standard InChI is InChI=1S/C19H27N3O6S/c1-13(2)17(22-29(26,27)15-10-4-3-5-11-15)18(24)28-12-16(23)21-19(25)20-14-8-6-7-9-14/h3-5,10-11,13-14,17,22H,6-9,12H2,1-2H3,(H2,20,21,23,25). The van der Waals surface area contributed by atoms with Crippen LogP contribution in [0.1, 0.15) is 39.5 Å². The minimum atomic E-state index is -3.94. The van der Waals surface area contributed by atoms with Gasteiger partial charge in [0.2, 0.25) is 10.0 Å². The third-order valence-corrected chi connectivity index (χ3v) is 6.00. The Hall–Kier alpha value is -2.46. The smallest absolute Gasteiger partial charge is 0.324 e. The number of nitrogens with one attached hydrogen (secondary N) is 3. The first-order valence-electron chi connectivity index (χ1n) is 9.53. The molecule has 29 heavy (non-hydrogen) atoms. The first-order chi connectivity index (χ1) is 13.7. The van der Waals surface area contributed by atoms with Gasteiger partial charge >= 0.3 is 12.0 Å². The predicted octanol–water partition coefficient (Wildman–Crippen LogP) is 1.30. The first kappa shape index (κ1) is 22.8. The average Bonchev–Trinajstić information content (AvgIpc) is 3.17. The summed E-state index contributed by atoms with van der Waals surface area (Å²) in [5.74, 6) is -2.11. The number of hydrogen-bond acceptors (Lipinski definition) is 6. The minimum absolute atomic E-state index is 0.0137. The Kier molecular flexibility index (Phi) is 8.15. The Morgan fingerprint density at radius 2 is 1.72 bits per heavy atom. The molecule has 0 bridgehead atoms. The molecule has 0 aromatic heterocycles. The maximum absolute atomic E-state index is 12.4. The fourth-order valence-corrected chi connectivity index (χ4v) is 4.33. The van der Waals surface area contributed by atoms with Gasteiger partial charge in [-0.25, -0.2) is 13.2 Å². The van der Waals surface area contributed by atoms with Gasteiger partial charge in [0.15, 0.2) is 6.61 Å². The SMILES string of the molecule is CC(C)C(NS(=O)(=O)c1ccccc1)C(=O)OCC(=O)NC(=O)NC1CCCC1. The number of urea groups is 1. The molecule has 0 radical (unpaired) electrons. The number of ether oxygens (including phenoxy) is 1. The van der Waals surface area contributed by atoms with Crippen molar-refractivity contribution in [2.75, 3.05) is 6.61 Å². The second kappa shape index (κ2) is 10.4. The zero-order chi connectivity index (χ0) is 21.4. The van der Waals surface area contributed by atoms with Crippen molar-refractivity contribution in [3.63, 3.8) is 0 Å². The summed E-state index contributed by atoms with van der Waals surface area (Å²) >= 11 is 0. The molecule has 1 aromatic rings. The molecular formula is C19H27N3O6S. The monoisotopic (exact) mass is 425 g/mol. The van der Waals surface area contributed by atoms with E-state index < -0.39 is 46.5 Å². The van der Waals surface area contributed by atoms with Crippen LogP contribution in [0.25, 0.3) is 0 Å². The molecule has 3 amide bonds. The van der Waals surface area contributed by atoms with Crippen LogP contribution < -0.4 is 15.4 Å². The number of esters is 1. The van der Waals surface area contributed by atoms with Crippen molar-refractivity contribution in [3.8, 4) is 0 Å². The number of carbonyl (C=O) groups excluding carboxylic acids is 3. The van der Waals surface area contributed by atoms with Gasteiger partial charge in [-0.2, -0.15) is 4.72 Å². The quantitative estimate of drug-likeness (QED) is 0.538. The molecule has 0 spiro atoms.